The van der Waals surface area contributed by atoms with Crippen molar-refractivity contribution in [1.82, 2.24) is 10.2 Å². The quantitative estimate of drug-likeness (QED) is 0.704. The van der Waals surface area contributed by atoms with Gasteiger partial charge in [0.1, 0.15) is 0 Å². The van der Waals surface area contributed by atoms with Crippen LogP contribution in [0.25, 0.3) is 0 Å². The number of rotatable bonds is 2. The molecule has 1 N–H and O–H groups in total. The Morgan fingerprint density at radius 1 is 0.867 bits per heavy atom. The van der Waals surface area contributed by atoms with E-state index >= 15 is 0 Å². The van der Waals surface area contributed by atoms with Crippen LogP contribution in [-0.4, -0.2) is 37.1 Å². The van der Waals surface area contributed by atoms with E-state index < -0.39 is 0 Å². The van der Waals surface area contributed by atoms with E-state index in [1.54, 1.807) is 0 Å². The minimum absolute atomic E-state index is 0.770. The largest absolute Gasteiger partial charge is 0.310 e. The van der Waals surface area contributed by atoms with Gasteiger partial charge in [0.05, 0.1) is 0 Å². The molecule has 0 aromatic heterocycles. The lowest BCUT2D eigenvalue weighted by Crippen LogP contribution is -2.47. The van der Waals surface area contributed by atoms with Crippen molar-refractivity contribution in [2.24, 2.45) is 0 Å². The highest BCUT2D eigenvalue weighted by molar-refractivity contribution is 4.81. The second kappa shape index (κ2) is 5.86. The van der Waals surface area contributed by atoms with Gasteiger partial charge in [-0.2, -0.15) is 0 Å². The molecular weight excluding hydrogens is 184 g/mol. The molecule has 0 bridgehead atoms. The molecule has 1 aliphatic carbocycles. The van der Waals surface area contributed by atoms with Crippen LogP contribution in [0.4, 0.5) is 0 Å². The van der Waals surface area contributed by atoms with Crippen LogP contribution in [0.3, 0.4) is 0 Å². The summed E-state index contributed by atoms with van der Waals surface area (Å²) in [7, 11) is 2.25. The van der Waals surface area contributed by atoms with E-state index in [0.717, 1.165) is 12.1 Å². The van der Waals surface area contributed by atoms with E-state index in [1.807, 2.05) is 0 Å². The highest BCUT2D eigenvalue weighted by Gasteiger charge is 2.20. The van der Waals surface area contributed by atoms with E-state index in [1.165, 1.54) is 64.5 Å². The maximum Gasteiger partial charge on any atom is 0.0197 e. The summed E-state index contributed by atoms with van der Waals surface area (Å²) in [6.45, 7) is 2.55. The Balaban J connectivity index is 1.74. The molecular formula is C13H26N2. The van der Waals surface area contributed by atoms with Crippen molar-refractivity contribution in [2.45, 2.75) is 63.5 Å². The SMILES string of the molecule is CN1CCCC(NC2CCCCCC2)C1. The van der Waals surface area contributed by atoms with Crippen LogP contribution >= 0.6 is 0 Å². The van der Waals surface area contributed by atoms with Crippen molar-refractivity contribution in [3.8, 4) is 0 Å². The van der Waals surface area contributed by atoms with E-state index in [4.69, 9.17) is 0 Å². The summed E-state index contributed by atoms with van der Waals surface area (Å²) in [5.41, 5.74) is 0. The van der Waals surface area contributed by atoms with Gasteiger partial charge in [-0.15, -0.1) is 0 Å². The number of nitrogens with zero attached hydrogens (tertiary/aromatic N) is 1. The minimum atomic E-state index is 0.770. The van der Waals surface area contributed by atoms with Crippen molar-refractivity contribution in [3.05, 3.63) is 0 Å². The zero-order chi connectivity index (χ0) is 10.5. The van der Waals surface area contributed by atoms with Gasteiger partial charge in [-0.05, 0) is 39.3 Å². The van der Waals surface area contributed by atoms with Crippen LogP contribution in [0.1, 0.15) is 51.4 Å². The van der Waals surface area contributed by atoms with E-state index in [0.29, 0.717) is 0 Å². The summed E-state index contributed by atoms with van der Waals surface area (Å²) in [5, 5.41) is 3.89. The number of hydrogen-bond donors (Lipinski definition) is 1. The third-order valence-corrected chi connectivity index (χ3v) is 3.95. The third-order valence-electron chi connectivity index (χ3n) is 3.95. The summed E-state index contributed by atoms with van der Waals surface area (Å²) in [6, 6.07) is 1.59. The Morgan fingerprint density at radius 3 is 2.20 bits per heavy atom. The lowest BCUT2D eigenvalue weighted by Gasteiger charge is -2.33. The molecule has 1 aliphatic heterocycles. The molecule has 1 heterocycles. The average molecular weight is 210 g/mol. The van der Waals surface area contributed by atoms with E-state index in [9.17, 15) is 0 Å². The van der Waals surface area contributed by atoms with Gasteiger partial charge < -0.3 is 10.2 Å². The molecule has 1 atom stereocenters. The fraction of sp³-hybridized carbons (Fsp3) is 1.00. The molecule has 2 aliphatic rings. The van der Waals surface area contributed by atoms with Crippen LogP contribution in [0.15, 0.2) is 0 Å². The van der Waals surface area contributed by atoms with Crippen LogP contribution in [0.5, 0.6) is 0 Å². The Morgan fingerprint density at radius 2 is 1.53 bits per heavy atom. The number of likely N-dealkylation sites (N-methyl/N-ethyl adjacent to an activating group) is 1. The lowest BCUT2D eigenvalue weighted by atomic mass is 10.0. The zero-order valence-electron chi connectivity index (χ0n) is 10.2. The van der Waals surface area contributed by atoms with Gasteiger partial charge >= 0.3 is 0 Å². The van der Waals surface area contributed by atoms with Crippen molar-refractivity contribution < 1.29 is 0 Å². The molecule has 0 aromatic rings. The summed E-state index contributed by atoms with van der Waals surface area (Å²) in [6.07, 6.45) is 11.4. The number of hydrogen-bond acceptors (Lipinski definition) is 2. The maximum atomic E-state index is 3.89. The van der Waals surface area contributed by atoms with Gasteiger partial charge in [-0.3, -0.25) is 0 Å². The minimum Gasteiger partial charge on any atom is -0.310 e. The second-order valence-electron chi connectivity index (χ2n) is 5.46. The standard InChI is InChI=1S/C13H26N2/c1-15-10-6-9-13(11-15)14-12-7-4-2-3-5-8-12/h12-14H,2-11H2,1H3. The molecule has 1 saturated heterocycles. The molecule has 1 unspecified atom stereocenters. The first-order chi connectivity index (χ1) is 7.34. The van der Waals surface area contributed by atoms with E-state index in [-0.39, 0.29) is 0 Å². The van der Waals surface area contributed by atoms with Crippen molar-refractivity contribution in [2.75, 3.05) is 20.1 Å². The zero-order valence-corrected chi connectivity index (χ0v) is 10.2. The monoisotopic (exact) mass is 210 g/mol. The summed E-state index contributed by atoms with van der Waals surface area (Å²) in [5.74, 6) is 0. The fourth-order valence-electron chi connectivity index (χ4n) is 3.08. The molecule has 1 saturated carbocycles. The van der Waals surface area contributed by atoms with Gasteiger partial charge in [0.25, 0.3) is 0 Å². The summed E-state index contributed by atoms with van der Waals surface area (Å²) >= 11 is 0. The summed E-state index contributed by atoms with van der Waals surface area (Å²) in [4.78, 5) is 2.47. The highest BCUT2D eigenvalue weighted by atomic mass is 15.1. The van der Waals surface area contributed by atoms with Gasteiger partial charge in [-0.1, -0.05) is 25.7 Å². The molecule has 2 fully saturated rings. The van der Waals surface area contributed by atoms with E-state index in [2.05, 4.69) is 17.3 Å². The molecule has 0 spiro atoms. The molecule has 0 aromatic carbocycles. The van der Waals surface area contributed by atoms with Crippen LogP contribution in [0.2, 0.25) is 0 Å². The number of nitrogens with one attached hydrogen (secondary N) is 1. The lowest BCUT2D eigenvalue weighted by molar-refractivity contribution is 0.212. The molecule has 0 radical (unpaired) electrons. The molecule has 0 amide bonds. The predicted molar refractivity (Wildman–Crippen MR) is 65.1 cm³/mol. The third kappa shape index (κ3) is 3.76. The van der Waals surface area contributed by atoms with Crippen LogP contribution in [0, 0.1) is 0 Å². The molecule has 2 heteroatoms. The Bertz CT molecular complexity index is 173. The topological polar surface area (TPSA) is 15.3 Å². The van der Waals surface area contributed by atoms with Crippen molar-refractivity contribution in [1.29, 1.82) is 0 Å². The molecule has 2 rings (SSSR count). The van der Waals surface area contributed by atoms with Crippen molar-refractivity contribution >= 4 is 0 Å². The maximum absolute atomic E-state index is 3.89. The first-order valence-corrected chi connectivity index (χ1v) is 6.79. The van der Waals surface area contributed by atoms with Gasteiger partial charge in [0, 0.05) is 18.6 Å². The van der Waals surface area contributed by atoms with Crippen LogP contribution in [-0.2, 0) is 0 Å². The van der Waals surface area contributed by atoms with Gasteiger partial charge in [-0.25, -0.2) is 0 Å². The second-order valence-corrected chi connectivity index (χ2v) is 5.46. The molecule has 2 nitrogen and oxygen atoms in total. The summed E-state index contributed by atoms with van der Waals surface area (Å²) < 4.78 is 0. The van der Waals surface area contributed by atoms with Crippen LogP contribution < -0.4 is 5.32 Å². The number of likely N-dealkylation sites (tertiary alicyclic amines) is 1. The fourth-order valence-corrected chi connectivity index (χ4v) is 3.08. The molecule has 15 heavy (non-hydrogen) atoms. The Hall–Kier alpha value is -0.0800. The van der Waals surface area contributed by atoms with Crippen molar-refractivity contribution in [3.63, 3.8) is 0 Å². The normalized spacial score (nSPS) is 31.4. The molecule has 88 valence electrons. The Labute approximate surface area is 94.4 Å². The number of piperidine rings is 1. The van der Waals surface area contributed by atoms with Gasteiger partial charge in [0.2, 0.25) is 0 Å². The smallest absolute Gasteiger partial charge is 0.0197 e. The first-order valence-electron chi connectivity index (χ1n) is 6.79. The van der Waals surface area contributed by atoms with Gasteiger partial charge in [0.15, 0.2) is 0 Å². The first kappa shape index (κ1) is 11.4. The average Bonchev–Trinajstić information content (AvgIpc) is 2.46. The Kier molecular flexibility index (Phi) is 4.45. The highest BCUT2D eigenvalue weighted by Crippen LogP contribution is 2.19. The predicted octanol–water partition coefficient (Wildman–Crippen LogP) is 2.39.